The Balaban J connectivity index is 2.74. The van der Waals surface area contributed by atoms with E-state index >= 15 is 0 Å². The average molecular weight is 125 g/mol. The lowest BCUT2D eigenvalue weighted by atomic mass is 10.4. The third-order valence-electron chi connectivity index (χ3n) is 1.25. The minimum absolute atomic E-state index is 0.583. The fourth-order valence-electron chi connectivity index (χ4n) is 0.685. The summed E-state index contributed by atoms with van der Waals surface area (Å²) in [6.07, 6.45) is 3.75. The number of aryl methyl sites for hydroxylation is 1. The lowest BCUT2D eigenvalue weighted by molar-refractivity contribution is 0.659. The van der Waals surface area contributed by atoms with Gasteiger partial charge in [-0.2, -0.15) is 5.10 Å². The van der Waals surface area contributed by atoms with E-state index in [1.165, 1.54) is 0 Å². The van der Waals surface area contributed by atoms with Crippen molar-refractivity contribution in [1.82, 2.24) is 9.78 Å². The molecule has 0 aliphatic carbocycles. The summed E-state index contributed by atoms with van der Waals surface area (Å²) in [5, 5.41) is 4.04. The van der Waals surface area contributed by atoms with Gasteiger partial charge in [-0.05, 0) is 6.92 Å². The second-order valence-corrected chi connectivity index (χ2v) is 1.91. The molecule has 1 aromatic rings. The Morgan fingerprint density at radius 2 is 2.56 bits per heavy atom. The minimum Gasteiger partial charge on any atom is -0.326 e. The van der Waals surface area contributed by atoms with E-state index in [4.69, 9.17) is 5.73 Å². The molecule has 0 fully saturated rings. The molecule has 2 N–H and O–H groups in total. The summed E-state index contributed by atoms with van der Waals surface area (Å²) in [5.74, 6) is 0. The fourth-order valence-corrected chi connectivity index (χ4v) is 0.685. The summed E-state index contributed by atoms with van der Waals surface area (Å²) in [5.41, 5.74) is 6.46. The number of hydrogen-bond donors (Lipinski definition) is 1. The molecule has 1 rings (SSSR count). The molecular weight excluding hydrogens is 114 g/mol. The summed E-state index contributed by atoms with van der Waals surface area (Å²) in [6.45, 7) is 3.55. The molecule has 9 heavy (non-hydrogen) atoms. The van der Waals surface area contributed by atoms with Crippen LogP contribution in [0.1, 0.15) is 12.5 Å². The Hall–Kier alpha value is -0.830. The highest BCUT2D eigenvalue weighted by Gasteiger charge is 1.91. The van der Waals surface area contributed by atoms with Crippen molar-refractivity contribution < 1.29 is 0 Å². The van der Waals surface area contributed by atoms with Crippen LogP contribution in [0.25, 0.3) is 0 Å². The van der Waals surface area contributed by atoms with E-state index in [2.05, 4.69) is 5.10 Å². The van der Waals surface area contributed by atoms with Gasteiger partial charge in [0.2, 0.25) is 0 Å². The molecular formula is C6H11N3. The first-order chi connectivity index (χ1) is 4.36. The van der Waals surface area contributed by atoms with Gasteiger partial charge in [0.05, 0.1) is 6.20 Å². The summed E-state index contributed by atoms with van der Waals surface area (Å²) >= 11 is 0. The SMILES string of the molecule is CCn1cc(CN)cn1. The molecule has 50 valence electrons. The number of hydrogen-bond acceptors (Lipinski definition) is 2. The zero-order valence-electron chi connectivity index (χ0n) is 5.54. The van der Waals surface area contributed by atoms with Crippen LogP contribution >= 0.6 is 0 Å². The normalized spacial score (nSPS) is 10.0. The van der Waals surface area contributed by atoms with Gasteiger partial charge >= 0.3 is 0 Å². The lowest BCUT2D eigenvalue weighted by Gasteiger charge is -1.89. The molecule has 0 amide bonds. The van der Waals surface area contributed by atoms with Gasteiger partial charge in [0.25, 0.3) is 0 Å². The van der Waals surface area contributed by atoms with Crippen LogP contribution in [0.5, 0.6) is 0 Å². The van der Waals surface area contributed by atoms with E-state index in [0.29, 0.717) is 6.54 Å². The summed E-state index contributed by atoms with van der Waals surface area (Å²) in [4.78, 5) is 0. The van der Waals surface area contributed by atoms with E-state index in [0.717, 1.165) is 12.1 Å². The van der Waals surface area contributed by atoms with Gasteiger partial charge in [0.15, 0.2) is 0 Å². The Morgan fingerprint density at radius 3 is 2.89 bits per heavy atom. The van der Waals surface area contributed by atoms with Gasteiger partial charge < -0.3 is 5.73 Å². The second kappa shape index (κ2) is 2.64. The van der Waals surface area contributed by atoms with Crippen molar-refractivity contribution in [2.45, 2.75) is 20.0 Å². The molecule has 1 aromatic heterocycles. The number of nitrogens with two attached hydrogens (primary N) is 1. The van der Waals surface area contributed by atoms with E-state index in [9.17, 15) is 0 Å². The molecule has 0 aliphatic heterocycles. The van der Waals surface area contributed by atoms with E-state index in [1.54, 1.807) is 6.20 Å². The van der Waals surface area contributed by atoms with E-state index in [-0.39, 0.29) is 0 Å². The van der Waals surface area contributed by atoms with Gasteiger partial charge in [0, 0.05) is 24.8 Å². The van der Waals surface area contributed by atoms with Crippen molar-refractivity contribution >= 4 is 0 Å². The summed E-state index contributed by atoms with van der Waals surface area (Å²) < 4.78 is 1.86. The zero-order valence-corrected chi connectivity index (χ0v) is 5.54. The molecule has 0 unspecified atom stereocenters. The lowest BCUT2D eigenvalue weighted by Crippen LogP contribution is -1.95. The third kappa shape index (κ3) is 1.29. The number of rotatable bonds is 2. The molecule has 0 aromatic carbocycles. The van der Waals surface area contributed by atoms with Crippen molar-refractivity contribution in [2.75, 3.05) is 0 Å². The molecule has 0 radical (unpaired) electrons. The Bertz CT molecular complexity index is 162. The zero-order chi connectivity index (χ0) is 6.69. The van der Waals surface area contributed by atoms with Crippen molar-refractivity contribution in [3.63, 3.8) is 0 Å². The molecule has 1 heterocycles. The molecule has 0 atom stereocenters. The highest BCUT2D eigenvalue weighted by atomic mass is 15.3. The minimum atomic E-state index is 0.583. The van der Waals surface area contributed by atoms with Gasteiger partial charge in [-0.25, -0.2) is 0 Å². The van der Waals surface area contributed by atoms with Crippen molar-refractivity contribution in [3.05, 3.63) is 18.0 Å². The van der Waals surface area contributed by atoms with Crippen LogP contribution in [-0.2, 0) is 13.1 Å². The van der Waals surface area contributed by atoms with Crippen LogP contribution in [0.4, 0.5) is 0 Å². The maximum absolute atomic E-state index is 5.36. The third-order valence-corrected chi connectivity index (χ3v) is 1.25. The van der Waals surface area contributed by atoms with Crippen LogP contribution in [0.15, 0.2) is 12.4 Å². The average Bonchev–Trinajstić information content (AvgIpc) is 2.34. The molecule has 0 saturated carbocycles. The number of nitrogens with zero attached hydrogens (tertiary/aromatic N) is 2. The van der Waals surface area contributed by atoms with Gasteiger partial charge in [0.1, 0.15) is 0 Å². The van der Waals surface area contributed by atoms with E-state index < -0.39 is 0 Å². The molecule has 3 nitrogen and oxygen atoms in total. The largest absolute Gasteiger partial charge is 0.326 e. The molecule has 0 saturated heterocycles. The first-order valence-electron chi connectivity index (χ1n) is 3.08. The topological polar surface area (TPSA) is 43.8 Å². The number of aromatic nitrogens is 2. The first-order valence-corrected chi connectivity index (χ1v) is 3.08. The first kappa shape index (κ1) is 6.29. The van der Waals surface area contributed by atoms with Crippen LogP contribution in [-0.4, -0.2) is 9.78 Å². The van der Waals surface area contributed by atoms with Gasteiger partial charge in [-0.1, -0.05) is 0 Å². The smallest absolute Gasteiger partial charge is 0.0534 e. The van der Waals surface area contributed by atoms with E-state index in [1.807, 2.05) is 17.8 Å². The standard InChI is InChI=1S/C6H11N3/c1-2-9-5-6(3-7)4-8-9/h4-5H,2-3,7H2,1H3. The molecule has 0 bridgehead atoms. The van der Waals surface area contributed by atoms with Gasteiger partial charge in [-0.3, -0.25) is 4.68 Å². The second-order valence-electron chi connectivity index (χ2n) is 1.91. The van der Waals surface area contributed by atoms with Crippen LogP contribution in [0.2, 0.25) is 0 Å². The highest BCUT2D eigenvalue weighted by molar-refractivity contribution is 5.02. The van der Waals surface area contributed by atoms with Crippen molar-refractivity contribution in [2.24, 2.45) is 5.73 Å². The maximum Gasteiger partial charge on any atom is 0.0534 e. The Labute approximate surface area is 54.5 Å². The monoisotopic (exact) mass is 125 g/mol. The maximum atomic E-state index is 5.36. The summed E-state index contributed by atoms with van der Waals surface area (Å²) in [6, 6.07) is 0. The predicted octanol–water partition coefficient (Wildman–Crippen LogP) is 0.362. The highest BCUT2D eigenvalue weighted by Crippen LogP contribution is 1.93. The Morgan fingerprint density at radius 1 is 1.78 bits per heavy atom. The Kier molecular flexibility index (Phi) is 1.85. The molecule has 0 spiro atoms. The fraction of sp³-hybridized carbons (Fsp3) is 0.500. The van der Waals surface area contributed by atoms with Crippen LogP contribution in [0, 0.1) is 0 Å². The molecule has 3 heteroatoms. The quantitative estimate of drug-likeness (QED) is 0.620. The van der Waals surface area contributed by atoms with Gasteiger partial charge in [-0.15, -0.1) is 0 Å². The summed E-state index contributed by atoms with van der Waals surface area (Å²) in [7, 11) is 0. The van der Waals surface area contributed by atoms with Crippen molar-refractivity contribution in [1.29, 1.82) is 0 Å². The van der Waals surface area contributed by atoms with Crippen LogP contribution in [0.3, 0.4) is 0 Å². The van der Waals surface area contributed by atoms with Crippen molar-refractivity contribution in [3.8, 4) is 0 Å². The molecule has 0 aliphatic rings. The van der Waals surface area contributed by atoms with Crippen LogP contribution < -0.4 is 5.73 Å². The predicted molar refractivity (Wildman–Crippen MR) is 35.8 cm³/mol.